The predicted molar refractivity (Wildman–Crippen MR) is 80.0 cm³/mol. The highest BCUT2D eigenvalue weighted by Gasteiger charge is 2.21. The Bertz CT molecular complexity index is 637. The first kappa shape index (κ1) is 15.5. The molecule has 0 aliphatic heterocycles. The monoisotopic (exact) mass is 360 g/mol. The van der Waals surface area contributed by atoms with Crippen LogP contribution in [-0.4, -0.2) is 20.4 Å². The van der Waals surface area contributed by atoms with Gasteiger partial charge in [0, 0.05) is 16.1 Å². The van der Waals surface area contributed by atoms with Crippen molar-refractivity contribution < 1.29 is 13.2 Å². The molecule has 110 valence electrons. The van der Waals surface area contributed by atoms with E-state index >= 15 is 0 Å². The number of sulfonamides is 1. The number of carbonyl (C=O) groups excluding carboxylic acids is 1. The highest BCUT2D eigenvalue weighted by Crippen LogP contribution is 2.25. The lowest BCUT2D eigenvalue weighted by molar-refractivity contribution is 0.0937. The number of halogens is 1. The van der Waals surface area contributed by atoms with Crippen molar-refractivity contribution in [3.8, 4) is 0 Å². The predicted octanol–water partition coefficient (Wildman–Crippen LogP) is 2.08. The molecule has 0 spiro atoms. The van der Waals surface area contributed by atoms with Crippen LogP contribution in [0.25, 0.3) is 0 Å². The van der Waals surface area contributed by atoms with Crippen molar-refractivity contribution in [1.82, 2.24) is 5.32 Å². The second-order valence-corrected chi connectivity index (χ2v) is 7.47. The Morgan fingerprint density at radius 2 is 1.95 bits per heavy atom. The van der Waals surface area contributed by atoms with Crippen LogP contribution in [0.2, 0.25) is 0 Å². The van der Waals surface area contributed by atoms with Crippen LogP contribution < -0.4 is 10.5 Å². The fourth-order valence-corrected chi connectivity index (χ4v) is 3.84. The molecule has 0 atom stereocenters. The molecule has 1 aromatic rings. The van der Waals surface area contributed by atoms with Crippen LogP contribution in [0, 0.1) is 6.92 Å². The second-order valence-electron chi connectivity index (χ2n) is 5.08. The zero-order valence-corrected chi connectivity index (χ0v) is 13.6. The fraction of sp³-hybridized carbons (Fsp3) is 0.462. The lowest BCUT2D eigenvalue weighted by Gasteiger charge is -2.14. The van der Waals surface area contributed by atoms with E-state index in [1.807, 2.05) is 0 Å². The molecule has 1 amide bonds. The quantitative estimate of drug-likeness (QED) is 0.864. The maximum absolute atomic E-state index is 12.2. The van der Waals surface area contributed by atoms with Gasteiger partial charge in [-0.15, -0.1) is 0 Å². The molecule has 1 aliphatic carbocycles. The molecule has 0 bridgehead atoms. The van der Waals surface area contributed by atoms with Crippen molar-refractivity contribution in [3.05, 3.63) is 27.7 Å². The van der Waals surface area contributed by atoms with E-state index in [2.05, 4.69) is 21.2 Å². The highest BCUT2D eigenvalue weighted by atomic mass is 79.9. The molecule has 0 unspecified atom stereocenters. The van der Waals surface area contributed by atoms with E-state index < -0.39 is 10.0 Å². The smallest absolute Gasteiger partial charge is 0.251 e. The summed E-state index contributed by atoms with van der Waals surface area (Å²) in [6.45, 7) is 1.64. The van der Waals surface area contributed by atoms with E-state index in [4.69, 9.17) is 5.14 Å². The third kappa shape index (κ3) is 3.39. The largest absolute Gasteiger partial charge is 0.349 e. The van der Waals surface area contributed by atoms with Gasteiger partial charge in [-0.3, -0.25) is 4.79 Å². The van der Waals surface area contributed by atoms with Crippen LogP contribution in [0.5, 0.6) is 0 Å². The summed E-state index contributed by atoms with van der Waals surface area (Å²) >= 11 is 3.27. The number of amides is 1. The average molecular weight is 361 g/mol. The molecule has 20 heavy (non-hydrogen) atoms. The topological polar surface area (TPSA) is 89.3 Å². The Hall–Kier alpha value is -0.920. The molecule has 2 rings (SSSR count). The van der Waals surface area contributed by atoms with Gasteiger partial charge >= 0.3 is 0 Å². The Labute approximate surface area is 127 Å². The van der Waals surface area contributed by atoms with Crippen molar-refractivity contribution in [1.29, 1.82) is 0 Å². The van der Waals surface area contributed by atoms with E-state index in [0.29, 0.717) is 15.6 Å². The van der Waals surface area contributed by atoms with Gasteiger partial charge in [-0.25, -0.2) is 13.6 Å². The number of benzene rings is 1. The zero-order chi connectivity index (χ0) is 14.9. The first-order valence-electron chi connectivity index (χ1n) is 6.43. The summed E-state index contributed by atoms with van der Waals surface area (Å²) in [5, 5.41) is 8.10. The fourth-order valence-electron chi connectivity index (χ4n) is 2.42. The molecule has 1 aromatic carbocycles. The minimum atomic E-state index is -3.85. The van der Waals surface area contributed by atoms with E-state index in [9.17, 15) is 13.2 Å². The molecule has 1 saturated carbocycles. The highest BCUT2D eigenvalue weighted by molar-refractivity contribution is 9.10. The SMILES string of the molecule is Cc1c(Br)cc(C(=O)NC2CCCC2)cc1S(N)(=O)=O. The number of hydrogen-bond donors (Lipinski definition) is 2. The Morgan fingerprint density at radius 1 is 1.35 bits per heavy atom. The molecular weight excluding hydrogens is 344 g/mol. The number of primary sulfonamides is 1. The summed E-state index contributed by atoms with van der Waals surface area (Å²) in [6, 6.07) is 3.13. The van der Waals surface area contributed by atoms with Crippen molar-refractivity contribution in [3.63, 3.8) is 0 Å². The number of carbonyl (C=O) groups is 1. The molecule has 0 heterocycles. The van der Waals surface area contributed by atoms with Gasteiger partial charge in [-0.1, -0.05) is 28.8 Å². The third-order valence-corrected chi connectivity index (χ3v) is 5.42. The molecule has 0 aromatic heterocycles. The van der Waals surface area contributed by atoms with Gasteiger partial charge in [-0.2, -0.15) is 0 Å². The summed E-state index contributed by atoms with van der Waals surface area (Å²) < 4.78 is 23.7. The van der Waals surface area contributed by atoms with Crippen molar-refractivity contribution in [2.24, 2.45) is 5.14 Å². The maximum atomic E-state index is 12.2. The van der Waals surface area contributed by atoms with Gasteiger partial charge in [0.2, 0.25) is 10.0 Å². The Balaban J connectivity index is 2.32. The van der Waals surface area contributed by atoms with Crippen LogP contribution in [-0.2, 0) is 10.0 Å². The van der Waals surface area contributed by atoms with Crippen LogP contribution in [0.4, 0.5) is 0 Å². The molecule has 7 heteroatoms. The summed E-state index contributed by atoms with van der Waals surface area (Å²) in [6.07, 6.45) is 4.18. The first-order chi connectivity index (χ1) is 9.29. The van der Waals surface area contributed by atoms with Gasteiger partial charge in [0.05, 0.1) is 4.90 Å². The molecule has 1 aliphatic rings. The third-order valence-electron chi connectivity index (χ3n) is 3.56. The van der Waals surface area contributed by atoms with E-state index in [-0.39, 0.29) is 16.8 Å². The van der Waals surface area contributed by atoms with Crippen LogP contribution in [0.15, 0.2) is 21.5 Å². The Kier molecular flexibility index (Phi) is 4.51. The minimum absolute atomic E-state index is 0.0246. The minimum Gasteiger partial charge on any atom is -0.349 e. The summed E-state index contributed by atoms with van der Waals surface area (Å²) in [5.41, 5.74) is 0.809. The zero-order valence-electron chi connectivity index (χ0n) is 11.1. The first-order valence-corrected chi connectivity index (χ1v) is 8.77. The second kappa shape index (κ2) is 5.83. The van der Waals surface area contributed by atoms with Crippen LogP contribution >= 0.6 is 15.9 Å². The number of nitrogens with one attached hydrogen (secondary N) is 1. The van der Waals surface area contributed by atoms with Crippen molar-refractivity contribution >= 4 is 31.9 Å². The lowest BCUT2D eigenvalue weighted by Crippen LogP contribution is -2.32. The molecule has 0 radical (unpaired) electrons. The molecule has 5 nitrogen and oxygen atoms in total. The molecule has 3 N–H and O–H groups in total. The standard InChI is InChI=1S/C13H17BrN2O3S/c1-8-11(14)6-9(7-12(8)20(15,18)19)13(17)16-10-4-2-3-5-10/h6-7,10H,2-5H2,1H3,(H,16,17)(H2,15,18,19). The number of rotatable bonds is 3. The average Bonchev–Trinajstić information content (AvgIpc) is 2.83. The maximum Gasteiger partial charge on any atom is 0.251 e. The summed E-state index contributed by atoms with van der Waals surface area (Å²) in [5.74, 6) is -0.262. The van der Waals surface area contributed by atoms with E-state index in [0.717, 1.165) is 25.7 Å². The Morgan fingerprint density at radius 3 is 2.50 bits per heavy atom. The number of hydrogen-bond acceptors (Lipinski definition) is 3. The van der Waals surface area contributed by atoms with E-state index in [1.165, 1.54) is 6.07 Å². The van der Waals surface area contributed by atoms with Crippen molar-refractivity contribution in [2.75, 3.05) is 0 Å². The molecule has 1 fully saturated rings. The van der Waals surface area contributed by atoms with Crippen LogP contribution in [0.1, 0.15) is 41.6 Å². The van der Waals surface area contributed by atoms with Crippen LogP contribution in [0.3, 0.4) is 0 Å². The van der Waals surface area contributed by atoms with E-state index in [1.54, 1.807) is 13.0 Å². The lowest BCUT2D eigenvalue weighted by atomic mass is 10.1. The van der Waals surface area contributed by atoms with Gasteiger partial charge in [0.15, 0.2) is 0 Å². The van der Waals surface area contributed by atoms with Gasteiger partial charge in [0.25, 0.3) is 5.91 Å². The number of nitrogens with two attached hydrogens (primary N) is 1. The van der Waals surface area contributed by atoms with Gasteiger partial charge < -0.3 is 5.32 Å². The van der Waals surface area contributed by atoms with Crippen molar-refractivity contribution in [2.45, 2.75) is 43.5 Å². The van der Waals surface area contributed by atoms with Gasteiger partial charge in [-0.05, 0) is 37.5 Å². The summed E-state index contributed by atoms with van der Waals surface area (Å²) in [7, 11) is -3.85. The summed E-state index contributed by atoms with van der Waals surface area (Å²) in [4.78, 5) is 12.2. The normalized spacial score (nSPS) is 16.4. The molecular formula is C13H17BrN2O3S. The van der Waals surface area contributed by atoms with Gasteiger partial charge in [0.1, 0.15) is 0 Å². The molecule has 0 saturated heterocycles.